The molecule has 6 heteroatoms. The predicted molar refractivity (Wildman–Crippen MR) is 83.3 cm³/mol. The van der Waals surface area contributed by atoms with Gasteiger partial charge in [0.2, 0.25) is 5.91 Å². The van der Waals surface area contributed by atoms with Crippen LogP contribution in [0.25, 0.3) is 0 Å². The molecule has 0 unspecified atom stereocenters. The summed E-state index contributed by atoms with van der Waals surface area (Å²) in [6.07, 6.45) is 0.857. The Morgan fingerprint density at radius 1 is 1.52 bits per heavy atom. The number of carbonyl (C=O) groups is 1. The average Bonchev–Trinajstić information content (AvgIpc) is 2.87. The molecule has 1 amide bonds. The number of nitrogens with zero attached hydrogens (tertiary/aromatic N) is 1. The van der Waals surface area contributed by atoms with E-state index in [1.54, 1.807) is 11.4 Å². The van der Waals surface area contributed by atoms with E-state index < -0.39 is 0 Å². The van der Waals surface area contributed by atoms with Crippen molar-refractivity contribution >= 4 is 22.2 Å². The van der Waals surface area contributed by atoms with E-state index in [0.29, 0.717) is 10.6 Å². The maximum atomic E-state index is 12.0. The maximum absolute atomic E-state index is 12.0. The number of amides is 1. The highest BCUT2D eigenvalue weighted by Crippen LogP contribution is 2.37. The van der Waals surface area contributed by atoms with Gasteiger partial charge in [-0.25, -0.2) is 0 Å². The minimum absolute atomic E-state index is 0.122. The van der Waals surface area contributed by atoms with Crippen molar-refractivity contribution in [2.75, 3.05) is 11.9 Å². The Morgan fingerprint density at radius 2 is 2.24 bits per heavy atom. The molecule has 1 aromatic rings. The Balaban J connectivity index is 1.89. The van der Waals surface area contributed by atoms with Crippen LogP contribution in [0.2, 0.25) is 0 Å². The van der Waals surface area contributed by atoms with Crippen molar-refractivity contribution in [2.45, 2.75) is 51.4 Å². The zero-order valence-corrected chi connectivity index (χ0v) is 13.6. The molecule has 2 heterocycles. The summed E-state index contributed by atoms with van der Waals surface area (Å²) in [6, 6.07) is 3.88. The molecule has 0 saturated carbocycles. The summed E-state index contributed by atoms with van der Waals surface area (Å²) in [4.78, 5) is 12.0. The van der Waals surface area contributed by atoms with E-state index in [0.717, 1.165) is 6.42 Å². The lowest BCUT2D eigenvalue weighted by atomic mass is 9.94. The molecule has 2 rings (SSSR count). The number of nitrogens with one attached hydrogen (secondary N) is 2. The van der Waals surface area contributed by atoms with Crippen LogP contribution < -0.4 is 10.6 Å². The monoisotopic (exact) mass is 307 g/mol. The first kappa shape index (κ1) is 16.0. The van der Waals surface area contributed by atoms with Gasteiger partial charge in [0, 0.05) is 6.04 Å². The number of anilines is 1. The molecule has 0 spiro atoms. The molecule has 0 bridgehead atoms. The van der Waals surface area contributed by atoms with Crippen LogP contribution in [0.1, 0.15) is 39.7 Å². The van der Waals surface area contributed by atoms with Crippen molar-refractivity contribution in [1.82, 2.24) is 5.32 Å². The molecule has 2 N–H and O–H groups in total. The summed E-state index contributed by atoms with van der Waals surface area (Å²) in [5.41, 5.74) is 0.0168. The van der Waals surface area contributed by atoms with Crippen molar-refractivity contribution in [3.8, 4) is 6.07 Å². The molecule has 5 nitrogen and oxygen atoms in total. The molecule has 1 aliphatic heterocycles. The van der Waals surface area contributed by atoms with Crippen molar-refractivity contribution in [1.29, 1.82) is 5.26 Å². The van der Waals surface area contributed by atoms with E-state index in [1.165, 1.54) is 11.3 Å². The summed E-state index contributed by atoms with van der Waals surface area (Å²) in [6.45, 7) is 8.38. The van der Waals surface area contributed by atoms with Crippen LogP contribution in [0, 0.1) is 11.3 Å². The van der Waals surface area contributed by atoms with Crippen LogP contribution in [0.15, 0.2) is 11.4 Å². The number of nitriles is 1. The van der Waals surface area contributed by atoms with Crippen LogP contribution >= 0.6 is 11.3 Å². The molecular weight excluding hydrogens is 286 g/mol. The molecule has 1 saturated heterocycles. The first-order valence-corrected chi connectivity index (χ1v) is 7.82. The number of thiophene rings is 1. The van der Waals surface area contributed by atoms with E-state index in [1.807, 2.05) is 13.8 Å². The summed E-state index contributed by atoms with van der Waals surface area (Å²) >= 11 is 1.35. The molecule has 1 atom stereocenters. The molecule has 1 aliphatic rings. The number of ether oxygens (including phenoxy) is 1. The normalized spacial score (nSPS) is 22.7. The second-order valence-electron chi connectivity index (χ2n) is 6.43. The summed E-state index contributed by atoms with van der Waals surface area (Å²) in [5, 5.41) is 17.3. The quantitative estimate of drug-likeness (QED) is 0.896. The van der Waals surface area contributed by atoms with E-state index in [2.05, 4.69) is 30.6 Å². The van der Waals surface area contributed by atoms with Crippen LogP contribution in [-0.2, 0) is 9.53 Å². The van der Waals surface area contributed by atoms with Crippen LogP contribution in [0.3, 0.4) is 0 Å². The van der Waals surface area contributed by atoms with E-state index in [9.17, 15) is 4.79 Å². The van der Waals surface area contributed by atoms with Crippen molar-refractivity contribution in [2.24, 2.45) is 0 Å². The van der Waals surface area contributed by atoms with E-state index >= 15 is 0 Å². The fourth-order valence-corrected chi connectivity index (χ4v) is 3.51. The molecule has 21 heavy (non-hydrogen) atoms. The molecule has 0 radical (unpaired) electrons. The Hall–Kier alpha value is -1.42. The number of hydrogen-bond acceptors (Lipinski definition) is 5. The third-order valence-corrected chi connectivity index (χ3v) is 4.45. The number of rotatable bonds is 4. The van der Waals surface area contributed by atoms with Gasteiger partial charge >= 0.3 is 0 Å². The van der Waals surface area contributed by atoms with E-state index in [4.69, 9.17) is 10.00 Å². The fraction of sp³-hybridized carbons (Fsp3) is 0.600. The minimum atomic E-state index is -0.301. The minimum Gasteiger partial charge on any atom is -0.368 e. The Kier molecular flexibility index (Phi) is 4.38. The number of carbonyl (C=O) groups excluding carboxylic acids is 1. The Bertz CT molecular complexity index is 572. The molecule has 1 fully saturated rings. The average molecular weight is 307 g/mol. The van der Waals surface area contributed by atoms with Gasteiger partial charge in [0.15, 0.2) is 0 Å². The van der Waals surface area contributed by atoms with Crippen molar-refractivity contribution in [3.63, 3.8) is 0 Å². The Labute approximate surface area is 129 Å². The topological polar surface area (TPSA) is 74.2 Å². The largest absolute Gasteiger partial charge is 0.368 e. The van der Waals surface area contributed by atoms with Gasteiger partial charge in [-0.2, -0.15) is 5.26 Å². The predicted octanol–water partition coefficient (Wildman–Crippen LogP) is 2.49. The van der Waals surface area contributed by atoms with Crippen LogP contribution in [0.4, 0.5) is 5.00 Å². The first-order chi connectivity index (χ1) is 9.73. The first-order valence-electron chi connectivity index (χ1n) is 6.94. The summed E-state index contributed by atoms with van der Waals surface area (Å²) in [7, 11) is 0. The highest BCUT2D eigenvalue weighted by Gasteiger charge is 2.45. The van der Waals surface area contributed by atoms with Crippen molar-refractivity contribution in [3.05, 3.63) is 17.0 Å². The van der Waals surface area contributed by atoms with Gasteiger partial charge in [0.1, 0.15) is 11.1 Å². The summed E-state index contributed by atoms with van der Waals surface area (Å²) < 4.78 is 5.99. The molecule has 114 valence electrons. The van der Waals surface area contributed by atoms with Gasteiger partial charge in [0.05, 0.1) is 23.3 Å². The third kappa shape index (κ3) is 3.82. The number of hydrogen-bond donors (Lipinski definition) is 2. The van der Waals surface area contributed by atoms with Crippen LogP contribution in [0.5, 0.6) is 0 Å². The molecule has 0 aromatic carbocycles. The van der Waals surface area contributed by atoms with Gasteiger partial charge in [-0.05, 0) is 45.6 Å². The van der Waals surface area contributed by atoms with Gasteiger partial charge in [-0.1, -0.05) is 0 Å². The molecule has 1 aromatic heterocycles. The van der Waals surface area contributed by atoms with Crippen LogP contribution in [-0.4, -0.2) is 29.7 Å². The molecular formula is C15H21N3O2S. The highest BCUT2D eigenvalue weighted by atomic mass is 32.1. The zero-order valence-electron chi connectivity index (χ0n) is 12.8. The van der Waals surface area contributed by atoms with Gasteiger partial charge in [0.25, 0.3) is 0 Å². The standard InChI is InChI=1S/C15H21N3O2S/c1-14(2)7-11(15(3,4)20-14)17-9-12(19)18-13-10(8-16)5-6-21-13/h5-6,11,17H,7,9H2,1-4H3,(H,18,19)/t11-/m1/s1. The second kappa shape index (κ2) is 5.76. The van der Waals surface area contributed by atoms with Gasteiger partial charge < -0.3 is 15.4 Å². The second-order valence-corrected chi connectivity index (χ2v) is 7.34. The lowest BCUT2D eigenvalue weighted by Crippen LogP contribution is -2.46. The smallest absolute Gasteiger partial charge is 0.238 e. The fourth-order valence-electron chi connectivity index (χ4n) is 2.76. The van der Waals surface area contributed by atoms with Gasteiger partial charge in [-0.3, -0.25) is 4.79 Å². The highest BCUT2D eigenvalue weighted by molar-refractivity contribution is 7.14. The lowest BCUT2D eigenvalue weighted by molar-refractivity contribution is -0.115. The van der Waals surface area contributed by atoms with E-state index in [-0.39, 0.29) is 29.7 Å². The van der Waals surface area contributed by atoms with Crippen molar-refractivity contribution < 1.29 is 9.53 Å². The maximum Gasteiger partial charge on any atom is 0.238 e. The summed E-state index contributed by atoms with van der Waals surface area (Å²) in [5.74, 6) is -0.144. The zero-order chi connectivity index (χ0) is 15.7. The SMILES string of the molecule is CC1(C)C[C@@H](NCC(=O)Nc2sccc2C#N)C(C)(C)O1. The molecule has 0 aliphatic carbocycles. The lowest BCUT2D eigenvalue weighted by Gasteiger charge is -2.27. The Morgan fingerprint density at radius 3 is 2.81 bits per heavy atom. The third-order valence-electron chi connectivity index (χ3n) is 3.62. The van der Waals surface area contributed by atoms with Gasteiger partial charge in [-0.15, -0.1) is 11.3 Å².